The number of rotatable bonds is 9. The van der Waals surface area contributed by atoms with Crippen LogP contribution in [0.2, 0.25) is 5.02 Å². The fourth-order valence-electron chi connectivity index (χ4n) is 2.51. The first-order chi connectivity index (χ1) is 12.5. The summed E-state index contributed by atoms with van der Waals surface area (Å²) in [6.07, 6.45) is 4.14. The molecule has 0 aliphatic carbocycles. The van der Waals surface area contributed by atoms with Crippen LogP contribution in [0.3, 0.4) is 0 Å². The predicted octanol–water partition coefficient (Wildman–Crippen LogP) is 3.75. The zero-order valence-electron chi connectivity index (χ0n) is 14.8. The first-order valence-electron chi connectivity index (χ1n) is 8.34. The van der Waals surface area contributed by atoms with Gasteiger partial charge in [0.05, 0.1) is 16.7 Å². The summed E-state index contributed by atoms with van der Waals surface area (Å²) in [5.74, 6) is 0.127. The van der Waals surface area contributed by atoms with Gasteiger partial charge in [0.2, 0.25) is 5.91 Å². The molecule has 0 saturated carbocycles. The Labute approximate surface area is 162 Å². The first-order valence-corrected chi connectivity index (χ1v) is 9.70. The molecule has 0 atom stereocenters. The number of carbonyl (C=O) groups excluding carboxylic acids is 1. The summed E-state index contributed by atoms with van der Waals surface area (Å²) < 4.78 is 1.62. The molecular weight excluding hydrogens is 370 g/mol. The average molecular weight is 392 g/mol. The third kappa shape index (κ3) is 4.77. The lowest BCUT2D eigenvalue weighted by Gasteiger charge is -2.19. The summed E-state index contributed by atoms with van der Waals surface area (Å²) in [6, 6.07) is 5.04. The van der Waals surface area contributed by atoms with Gasteiger partial charge in [-0.05, 0) is 24.6 Å². The van der Waals surface area contributed by atoms with Gasteiger partial charge in [-0.1, -0.05) is 42.4 Å². The Balaban J connectivity index is 2.33. The van der Waals surface area contributed by atoms with Crippen molar-refractivity contribution in [3.63, 3.8) is 0 Å². The van der Waals surface area contributed by atoms with E-state index in [1.165, 1.54) is 11.8 Å². The Morgan fingerprint density at radius 2 is 2.04 bits per heavy atom. The summed E-state index contributed by atoms with van der Waals surface area (Å²) in [6.45, 7) is 10.8. The fraction of sp³-hybridized carbons (Fsp3) is 0.316. The first kappa shape index (κ1) is 20.3. The minimum atomic E-state index is -0.113. The summed E-state index contributed by atoms with van der Waals surface area (Å²) in [5.41, 5.74) is 0.427. The number of hydrogen-bond donors (Lipinski definition) is 0. The van der Waals surface area contributed by atoms with Crippen molar-refractivity contribution in [3.05, 3.63) is 58.9 Å². The molecule has 0 bridgehead atoms. The van der Waals surface area contributed by atoms with Gasteiger partial charge in [-0.15, -0.1) is 13.2 Å². The van der Waals surface area contributed by atoms with Crippen molar-refractivity contribution in [1.82, 2.24) is 14.5 Å². The van der Waals surface area contributed by atoms with Crippen molar-refractivity contribution in [3.8, 4) is 0 Å². The second kappa shape index (κ2) is 9.59. The van der Waals surface area contributed by atoms with Gasteiger partial charge >= 0.3 is 0 Å². The van der Waals surface area contributed by atoms with Crippen molar-refractivity contribution < 1.29 is 4.79 Å². The highest BCUT2D eigenvalue weighted by molar-refractivity contribution is 7.99. The Bertz CT molecular complexity index is 869. The number of thioether (sulfide) groups is 1. The van der Waals surface area contributed by atoms with Crippen molar-refractivity contribution in [2.75, 3.05) is 18.8 Å². The van der Waals surface area contributed by atoms with Crippen molar-refractivity contribution in [1.29, 1.82) is 0 Å². The van der Waals surface area contributed by atoms with Gasteiger partial charge in [0.15, 0.2) is 5.16 Å². The molecule has 0 unspecified atom stereocenters. The number of fused-ring (bicyclic) bond motifs is 1. The van der Waals surface area contributed by atoms with Gasteiger partial charge in [0.1, 0.15) is 0 Å². The highest BCUT2D eigenvalue weighted by Gasteiger charge is 2.16. The van der Waals surface area contributed by atoms with Crippen LogP contribution >= 0.6 is 23.4 Å². The van der Waals surface area contributed by atoms with Crippen molar-refractivity contribution in [2.24, 2.45) is 0 Å². The zero-order chi connectivity index (χ0) is 19.1. The highest BCUT2D eigenvalue weighted by atomic mass is 35.5. The Kier molecular flexibility index (Phi) is 7.48. The van der Waals surface area contributed by atoms with Crippen LogP contribution in [0, 0.1) is 0 Å². The molecule has 26 heavy (non-hydrogen) atoms. The number of nitrogens with zero attached hydrogens (tertiary/aromatic N) is 3. The SMILES string of the molecule is C=CCN(CC=C)C(=O)CSc1nc2cc(Cl)ccc2c(=O)n1CCC. The monoisotopic (exact) mass is 391 g/mol. The molecular formula is C19H22ClN3O2S. The molecule has 0 saturated heterocycles. The molecule has 0 aliphatic heterocycles. The van der Waals surface area contributed by atoms with E-state index >= 15 is 0 Å². The molecule has 2 rings (SSSR count). The second-order valence-corrected chi connectivity index (χ2v) is 7.06. The minimum Gasteiger partial charge on any atom is -0.335 e. The van der Waals surface area contributed by atoms with E-state index in [0.717, 1.165) is 6.42 Å². The van der Waals surface area contributed by atoms with E-state index in [0.29, 0.717) is 40.7 Å². The maximum Gasteiger partial charge on any atom is 0.262 e. The predicted molar refractivity (Wildman–Crippen MR) is 109 cm³/mol. The van der Waals surface area contributed by atoms with E-state index < -0.39 is 0 Å². The molecule has 1 aromatic heterocycles. The Hall–Kier alpha value is -2.05. The van der Waals surface area contributed by atoms with Gasteiger partial charge in [-0.25, -0.2) is 4.98 Å². The lowest BCUT2D eigenvalue weighted by Crippen LogP contribution is -2.33. The van der Waals surface area contributed by atoms with Crippen LogP contribution in [-0.2, 0) is 11.3 Å². The van der Waals surface area contributed by atoms with E-state index in [-0.39, 0.29) is 17.2 Å². The van der Waals surface area contributed by atoms with Crippen LogP contribution in [0.5, 0.6) is 0 Å². The van der Waals surface area contributed by atoms with E-state index in [9.17, 15) is 9.59 Å². The van der Waals surface area contributed by atoms with E-state index in [1.54, 1.807) is 39.8 Å². The molecule has 138 valence electrons. The summed E-state index contributed by atoms with van der Waals surface area (Å²) in [5, 5.41) is 1.57. The Morgan fingerprint density at radius 1 is 1.35 bits per heavy atom. The van der Waals surface area contributed by atoms with Gasteiger partial charge in [0.25, 0.3) is 5.56 Å². The number of aromatic nitrogens is 2. The normalized spacial score (nSPS) is 10.7. The van der Waals surface area contributed by atoms with Crippen LogP contribution in [0.1, 0.15) is 13.3 Å². The summed E-state index contributed by atoms with van der Waals surface area (Å²) in [4.78, 5) is 31.4. The van der Waals surface area contributed by atoms with Gasteiger partial charge in [-0.2, -0.15) is 0 Å². The molecule has 1 aromatic carbocycles. The quantitative estimate of drug-likeness (QED) is 0.371. The standard InChI is InChI=1S/C19H22ClN3O2S/c1-4-9-22(10-5-2)17(24)13-26-19-21-16-12-14(20)7-8-15(16)18(25)23(19)11-6-3/h4-5,7-8,12H,1-2,6,9-11,13H2,3H3. The van der Waals surface area contributed by atoms with Crippen molar-refractivity contribution in [2.45, 2.75) is 25.0 Å². The summed E-state index contributed by atoms with van der Waals surface area (Å²) >= 11 is 7.29. The number of benzene rings is 1. The van der Waals surface area contributed by atoms with Crippen molar-refractivity contribution >= 4 is 40.2 Å². The summed E-state index contributed by atoms with van der Waals surface area (Å²) in [7, 11) is 0. The number of hydrogen-bond acceptors (Lipinski definition) is 4. The third-order valence-electron chi connectivity index (χ3n) is 3.71. The average Bonchev–Trinajstić information content (AvgIpc) is 2.62. The third-order valence-corrected chi connectivity index (χ3v) is 4.90. The zero-order valence-corrected chi connectivity index (χ0v) is 16.4. The van der Waals surface area contributed by atoms with Crippen LogP contribution in [0.15, 0.2) is 53.5 Å². The molecule has 0 N–H and O–H groups in total. The number of carbonyl (C=O) groups is 1. The molecule has 1 amide bonds. The molecule has 1 heterocycles. The van der Waals surface area contributed by atoms with Crippen LogP contribution in [0.25, 0.3) is 10.9 Å². The number of amides is 1. The molecule has 0 radical (unpaired) electrons. The number of halogens is 1. The van der Waals surface area contributed by atoms with Gasteiger partial charge in [0, 0.05) is 24.7 Å². The van der Waals surface area contributed by atoms with Crippen LogP contribution < -0.4 is 5.56 Å². The van der Waals surface area contributed by atoms with Gasteiger partial charge < -0.3 is 4.90 Å². The lowest BCUT2D eigenvalue weighted by atomic mass is 10.2. The second-order valence-electron chi connectivity index (χ2n) is 5.68. The smallest absolute Gasteiger partial charge is 0.262 e. The molecule has 2 aromatic rings. The highest BCUT2D eigenvalue weighted by Crippen LogP contribution is 2.21. The molecule has 0 spiro atoms. The fourth-order valence-corrected chi connectivity index (χ4v) is 3.61. The largest absolute Gasteiger partial charge is 0.335 e. The van der Waals surface area contributed by atoms with Crippen LogP contribution in [0.4, 0.5) is 0 Å². The lowest BCUT2D eigenvalue weighted by molar-refractivity contribution is -0.127. The van der Waals surface area contributed by atoms with Gasteiger partial charge in [-0.3, -0.25) is 14.2 Å². The van der Waals surface area contributed by atoms with E-state index in [2.05, 4.69) is 18.1 Å². The molecule has 0 aliphatic rings. The molecule has 0 fully saturated rings. The topological polar surface area (TPSA) is 55.2 Å². The Morgan fingerprint density at radius 3 is 2.65 bits per heavy atom. The maximum absolute atomic E-state index is 12.8. The van der Waals surface area contributed by atoms with Crippen LogP contribution in [-0.4, -0.2) is 39.2 Å². The minimum absolute atomic E-state index is 0.0571. The maximum atomic E-state index is 12.8. The van der Waals surface area contributed by atoms with E-state index in [4.69, 9.17) is 11.6 Å². The molecule has 7 heteroatoms. The molecule has 5 nitrogen and oxygen atoms in total. The van der Waals surface area contributed by atoms with E-state index in [1.807, 2.05) is 6.92 Å².